The molecule has 0 N–H and O–H groups in total. The normalized spacial score (nSPS) is 12.0. The molecule has 2 unspecified atom stereocenters. The van der Waals surface area contributed by atoms with Crippen LogP contribution in [0.5, 0.6) is 23.0 Å². The van der Waals surface area contributed by atoms with Crippen LogP contribution in [0.1, 0.15) is 13.8 Å². The van der Waals surface area contributed by atoms with Crippen molar-refractivity contribution in [2.75, 3.05) is 37.1 Å². The fourth-order valence-corrected chi connectivity index (χ4v) is 4.50. The number of methoxy groups -OCH3 is 2. The van der Waals surface area contributed by atoms with E-state index < -0.39 is 12.2 Å². The number of hydrogen-bond acceptors (Lipinski definition) is 6. The highest BCUT2D eigenvalue weighted by Gasteiger charge is 2.28. The van der Waals surface area contributed by atoms with Crippen molar-refractivity contribution in [3.8, 4) is 23.0 Å². The molecule has 0 heterocycles. The van der Waals surface area contributed by atoms with Crippen LogP contribution in [0.25, 0.3) is 0 Å². The number of nitrogens with zero attached hydrogens (tertiary/aromatic N) is 2. The number of hydrogen-bond donors (Lipinski definition) is 0. The maximum atomic E-state index is 13.8. The molecular formula is C34H36N2O6. The molecular weight excluding hydrogens is 532 g/mol. The number of para-hydroxylation sites is 6. The van der Waals surface area contributed by atoms with Crippen molar-refractivity contribution >= 4 is 23.2 Å². The summed E-state index contributed by atoms with van der Waals surface area (Å²) < 4.78 is 22.9. The Morgan fingerprint density at radius 2 is 0.833 bits per heavy atom. The van der Waals surface area contributed by atoms with Gasteiger partial charge in [-0.3, -0.25) is 9.59 Å². The summed E-state index contributed by atoms with van der Waals surface area (Å²) >= 11 is 0. The molecule has 0 aromatic heterocycles. The lowest BCUT2D eigenvalue weighted by atomic mass is 10.2. The van der Waals surface area contributed by atoms with Gasteiger partial charge >= 0.3 is 0 Å². The molecule has 0 fully saturated rings. The SMILES string of the molecule is COc1ccccc1OC(C)C(=O)N(CCN(C(=O)C(C)Oc1ccccc1OC)c1ccccc1)c1ccccc1. The van der Waals surface area contributed by atoms with E-state index in [-0.39, 0.29) is 24.9 Å². The highest BCUT2D eigenvalue weighted by Crippen LogP contribution is 2.29. The summed E-state index contributed by atoms with van der Waals surface area (Å²) in [6, 6.07) is 33.0. The summed E-state index contributed by atoms with van der Waals surface area (Å²) in [6.07, 6.45) is -1.65. The second kappa shape index (κ2) is 14.6. The summed E-state index contributed by atoms with van der Waals surface area (Å²) in [6.45, 7) is 3.83. The number of benzene rings is 4. The van der Waals surface area contributed by atoms with E-state index >= 15 is 0 Å². The smallest absolute Gasteiger partial charge is 0.267 e. The van der Waals surface area contributed by atoms with Crippen LogP contribution in [0.3, 0.4) is 0 Å². The van der Waals surface area contributed by atoms with Crippen LogP contribution in [0.2, 0.25) is 0 Å². The first-order valence-electron chi connectivity index (χ1n) is 13.7. The maximum absolute atomic E-state index is 13.8. The largest absolute Gasteiger partial charge is 0.493 e. The summed E-state index contributed by atoms with van der Waals surface area (Å²) in [7, 11) is 3.11. The third-order valence-corrected chi connectivity index (χ3v) is 6.66. The third-order valence-electron chi connectivity index (χ3n) is 6.66. The Balaban J connectivity index is 1.57. The van der Waals surface area contributed by atoms with Gasteiger partial charge in [-0.1, -0.05) is 60.7 Å². The van der Waals surface area contributed by atoms with Gasteiger partial charge in [0.25, 0.3) is 11.8 Å². The molecule has 0 saturated heterocycles. The van der Waals surface area contributed by atoms with Gasteiger partial charge in [-0.05, 0) is 62.4 Å². The zero-order valence-electron chi connectivity index (χ0n) is 24.3. The fraction of sp³-hybridized carbons (Fsp3) is 0.235. The number of ether oxygens (including phenoxy) is 4. The Hall–Kier alpha value is -4.98. The molecule has 42 heavy (non-hydrogen) atoms. The van der Waals surface area contributed by atoms with Crippen LogP contribution in [0.15, 0.2) is 109 Å². The topological polar surface area (TPSA) is 77.5 Å². The van der Waals surface area contributed by atoms with Crippen molar-refractivity contribution in [3.63, 3.8) is 0 Å². The summed E-state index contributed by atoms with van der Waals surface area (Å²) in [5, 5.41) is 0. The fourth-order valence-electron chi connectivity index (χ4n) is 4.50. The highest BCUT2D eigenvalue weighted by molar-refractivity contribution is 5.98. The van der Waals surface area contributed by atoms with E-state index in [1.54, 1.807) is 62.1 Å². The first-order chi connectivity index (χ1) is 20.4. The molecule has 0 radical (unpaired) electrons. The molecule has 2 amide bonds. The lowest BCUT2D eigenvalue weighted by Gasteiger charge is -2.31. The average Bonchev–Trinajstić information content (AvgIpc) is 3.04. The third kappa shape index (κ3) is 7.40. The Bertz CT molecular complexity index is 1340. The predicted octanol–water partition coefficient (Wildman–Crippen LogP) is 6.01. The first-order valence-corrected chi connectivity index (χ1v) is 13.7. The molecule has 0 aliphatic heterocycles. The molecule has 0 aliphatic rings. The minimum absolute atomic E-state index is 0.213. The molecule has 4 rings (SSSR count). The molecule has 4 aromatic carbocycles. The average molecular weight is 569 g/mol. The number of amides is 2. The van der Waals surface area contributed by atoms with Crippen LogP contribution in [-0.2, 0) is 9.59 Å². The molecule has 0 aliphatic carbocycles. The second-order valence-electron chi connectivity index (χ2n) is 9.47. The first kappa shape index (κ1) is 30.0. The quantitative estimate of drug-likeness (QED) is 0.197. The minimum Gasteiger partial charge on any atom is -0.493 e. The number of anilines is 2. The van der Waals surface area contributed by atoms with Gasteiger partial charge in [0.2, 0.25) is 0 Å². The van der Waals surface area contributed by atoms with Crippen LogP contribution in [0, 0.1) is 0 Å². The number of rotatable bonds is 13. The molecule has 0 saturated carbocycles. The zero-order valence-corrected chi connectivity index (χ0v) is 24.3. The standard InChI is InChI=1S/C34H36N2O6/c1-25(41-31-21-13-11-19-29(31)39-3)33(37)35(27-15-7-5-8-16-27)23-24-36(28-17-9-6-10-18-28)34(38)26(2)42-32-22-14-12-20-30(32)40-4/h5-22,25-26H,23-24H2,1-4H3. The van der Waals surface area contributed by atoms with Crippen molar-refractivity contribution in [2.45, 2.75) is 26.1 Å². The van der Waals surface area contributed by atoms with Gasteiger partial charge in [0.05, 0.1) is 14.2 Å². The number of carbonyl (C=O) groups excluding carboxylic acids is 2. The van der Waals surface area contributed by atoms with Gasteiger partial charge in [-0.25, -0.2) is 0 Å². The highest BCUT2D eigenvalue weighted by atomic mass is 16.5. The van der Waals surface area contributed by atoms with Crippen LogP contribution in [0.4, 0.5) is 11.4 Å². The minimum atomic E-state index is -0.824. The summed E-state index contributed by atoms with van der Waals surface area (Å²) in [5.41, 5.74) is 1.38. The van der Waals surface area contributed by atoms with Gasteiger partial charge in [-0.15, -0.1) is 0 Å². The molecule has 2 atom stereocenters. The molecule has 8 heteroatoms. The molecule has 0 bridgehead atoms. The predicted molar refractivity (Wildman–Crippen MR) is 164 cm³/mol. The van der Waals surface area contributed by atoms with E-state index in [2.05, 4.69) is 0 Å². The van der Waals surface area contributed by atoms with Gasteiger partial charge in [0, 0.05) is 24.5 Å². The van der Waals surface area contributed by atoms with E-state index in [4.69, 9.17) is 18.9 Å². The van der Waals surface area contributed by atoms with E-state index in [0.717, 1.165) is 0 Å². The molecule has 0 spiro atoms. The monoisotopic (exact) mass is 568 g/mol. The van der Waals surface area contributed by atoms with E-state index in [0.29, 0.717) is 34.4 Å². The lowest BCUT2D eigenvalue weighted by Crippen LogP contribution is -2.48. The van der Waals surface area contributed by atoms with Crippen LogP contribution >= 0.6 is 0 Å². The second-order valence-corrected chi connectivity index (χ2v) is 9.47. The van der Waals surface area contributed by atoms with E-state index in [9.17, 15) is 9.59 Å². The molecule has 8 nitrogen and oxygen atoms in total. The van der Waals surface area contributed by atoms with Crippen molar-refractivity contribution < 1.29 is 28.5 Å². The maximum Gasteiger partial charge on any atom is 0.267 e. The van der Waals surface area contributed by atoms with Crippen molar-refractivity contribution in [3.05, 3.63) is 109 Å². The van der Waals surface area contributed by atoms with Crippen molar-refractivity contribution in [1.82, 2.24) is 0 Å². The Labute approximate surface area is 247 Å². The molecule has 218 valence electrons. The Kier molecular flexibility index (Phi) is 10.4. The van der Waals surface area contributed by atoms with Gasteiger partial charge in [-0.2, -0.15) is 0 Å². The van der Waals surface area contributed by atoms with Crippen LogP contribution in [-0.4, -0.2) is 51.3 Å². The van der Waals surface area contributed by atoms with Crippen molar-refractivity contribution in [1.29, 1.82) is 0 Å². The Morgan fingerprint density at radius 1 is 0.524 bits per heavy atom. The number of carbonyl (C=O) groups is 2. The van der Waals surface area contributed by atoms with E-state index in [1.165, 1.54) is 0 Å². The Morgan fingerprint density at radius 3 is 1.17 bits per heavy atom. The van der Waals surface area contributed by atoms with Gasteiger partial charge in [0.15, 0.2) is 35.2 Å². The lowest BCUT2D eigenvalue weighted by molar-refractivity contribution is -0.126. The molecule has 4 aromatic rings. The summed E-state index contributed by atoms with van der Waals surface area (Å²) in [4.78, 5) is 30.9. The summed E-state index contributed by atoms with van der Waals surface area (Å²) in [5.74, 6) is 1.49. The van der Waals surface area contributed by atoms with Gasteiger partial charge < -0.3 is 28.7 Å². The zero-order chi connectivity index (χ0) is 29.9. The van der Waals surface area contributed by atoms with Gasteiger partial charge in [0.1, 0.15) is 0 Å². The van der Waals surface area contributed by atoms with E-state index in [1.807, 2.05) is 84.9 Å². The van der Waals surface area contributed by atoms with Crippen LogP contribution < -0.4 is 28.7 Å². The van der Waals surface area contributed by atoms with Crippen molar-refractivity contribution in [2.24, 2.45) is 0 Å².